The number of nitrogens with zero attached hydrogens (tertiary/aromatic N) is 4. The number of anilines is 3. The van der Waals surface area contributed by atoms with E-state index in [-0.39, 0.29) is 39.0 Å². The molecule has 0 amide bonds. The van der Waals surface area contributed by atoms with E-state index >= 15 is 0 Å². The van der Waals surface area contributed by atoms with Crippen molar-refractivity contribution in [2.24, 2.45) is 0 Å². The number of hydrogen-bond donors (Lipinski definition) is 2. The second-order valence-electron chi connectivity index (χ2n) is 7.11. The molecule has 168 valence electrons. The molecule has 0 saturated carbocycles. The number of fused-ring (bicyclic) bond motifs is 1. The van der Waals surface area contributed by atoms with Crippen LogP contribution in [0.5, 0.6) is 0 Å². The molecule has 0 aliphatic carbocycles. The number of sulfonamides is 1. The first kappa shape index (κ1) is 22.1. The number of halogens is 3. The van der Waals surface area contributed by atoms with Gasteiger partial charge in [0.2, 0.25) is 0 Å². The average Bonchev–Trinajstić information content (AvgIpc) is 2.73. The van der Waals surface area contributed by atoms with E-state index in [0.717, 1.165) is 34.9 Å². The molecule has 1 aliphatic rings. The molecule has 3 aromatic rings. The van der Waals surface area contributed by atoms with Gasteiger partial charge in [-0.2, -0.15) is 5.26 Å². The molecule has 0 spiro atoms. The van der Waals surface area contributed by atoms with Gasteiger partial charge in [0, 0.05) is 6.07 Å². The van der Waals surface area contributed by atoms with Crippen LogP contribution in [0.3, 0.4) is 0 Å². The lowest BCUT2D eigenvalue weighted by molar-refractivity contribution is 0.579. The second-order valence-corrected chi connectivity index (χ2v) is 8.86. The van der Waals surface area contributed by atoms with Gasteiger partial charge in [0.1, 0.15) is 47.0 Å². The van der Waals surface area contributed by atoms with Crippen LogP contribution >= 0.6 is 0 Å². The van der Waals surface area contributed by atoms with Crippen LogP contribution in [0, 0.1) is 28.8 Å². The van der Waals surface area contributed by atoms with E-state index in [1.54, 1.807) is 6.92 Å². The number of nitrogens with two attached hydrogens (primary N) is 1. The molecule has 3 N–H and O–H groups in total. The minimum absolute atomic E-state index is 0.0334. The number of nitrogen functional groups attached to an aromatic ring is 1. The quantitative estimate of drug-likeness (QED) is 0.596. The van der Waals surface area contributed by atoms with Crippen LogP contribution in [0.25, 0.3) is 6.08 Å². The third kappa shape index (κ3) is 3.94. The highest BCUT2D eigenvalue weighted by Gasteiger charge is 2.37. The Labute approximate surface area is 186 Å². The van der Waals surface area contributed by atoms with Gasteiger partial charge in [-0.3, -0.25) is 0 Å². The molecule has 0 unspecified atom stereocenters. The van der Waals surface area contributed by atoms with Crippen LogP contribution in [0.15, 0.2) is 53.3 Å². The van der Waals surface area contributed by atoms with Crippen LogP contribution < -0.4 is 15.4 Å². The summed E-state index contributed by atoms with van der Waals surface area (Å²) in [6, 6.07) is 6.48. The Morgan fingerprint density at radius 1 is 1.09 bits per heavy atom. The smallest absolute Gasteiger partial charge is 0.269 e. The molecule has 0 bridgehead atoms. The fraction of sp³-hybridized carbons (Fsp3) is 0.0952. The van der Waals surface area contributed by atoms with Gasteiger partial charge in [-0.1, -0.05) is 6.07 Å². The highest BCUT2D eigenvalue weighted by molar-refractivity contribution is 7.93. The first-order valence-electron chi connectivity index (χ1n) is 9.41. The largest absolute Gasteiger partial charge is 0.382 e. The summed E-state index contributed by atoms with van der Waals surface area (Å²) in [5.41, 5.74) is 5.53. The Kier molecular flexibility index (Phi) is 5.43. The van der Waals surface area contributed by atoms with Crippen molar-refractivity contribution in [2.45, 2.75) is 17.9 Å². The normalized spacial score (nSPS) is 15.2. The van der Waals surface area contributed by atoms with Crippen LogP contribution in [-0.2, 0) is 10.0 Å². The van der Waals surface area contributed by atoms with E-state index in [4.69, 9.17) is 5.73 Å². The van der Waals surface area contributed by atoms with Gasteiger partial charge < -0.3 is 11.1 Å². The van der Waals surface area contributed by atoms with Gasteiger partial charge in [0.15, 0.2) is 0 Å². The molecule has 2 heterocycles. The monoisotopic (exact) mass is 472 g/mol. The maximum atomic E-state index is 14.0. The van der Waals surface area contributed by atoms with Crippen molar-refractivity contribution in [3.63, 3.8) is 0 Å². The lowest BCUT2D eigenvalue weighted by Gasteiger charge is -2.34. The maximum absolute atomic E-state index is 14.0. The molecule has 0 radical (unpaired) electrons. The molecular weight excluding hydrogens is 457 g/mol. The topological polar surface area (TPSA) is 125 Å². The van der Waals surface area contributed by atoms with Crippen molar-refractivity contribution < 1.29 is 21.6 Å². The minimum atomic E-state index is -4.47. The number of aromatic nitrogens is 2. The summed E-state index contributed by atoms with van der Waals surface area (Å²) in [4.78, 5) is 7.34. The summed E-state index contributed by atoms with van der Waals surface area (Å²) in [7, 11) is -4.47. The van der Waals surface area contributed by atoms with Crippen molar-refractivity contribution in [2.75, 3.05) is 15.4 Å². The van der Waals surface area contributed by atoms with E-state index < -0.39 is 33.5 Å². The number of nitrogens with one attached hydrogen (secondary N) is 1. The summed E-state index contributed by atoms with van der Waals surface area (Å²) in [5.74, 6) is -2.84. The molecule has 33 heavy (non-hydrogen) atoms. The van der Waals surface area contributed by atoms with Crippen molar-refractivity contribution in [3.05, 3.63) is 77.0 Å². The zero-order valence-electron chi connectivity index (χ0n) is 16.9. The fourth-order valence-corrected chi connectivity index (χ4v) is 5.20. The van der Waals surface area contributed by atoms with Crippen molar-refractivity contribution in [1.29, 1.82) is 5.26 Å². The summed E-state index contributed by atoms with van der Waals surface area (Å²) >= 11 is 0. The number of benzene rings is 2. The van der Waals surface area contributed by atoms with Crippen LogP contribution in [0.2, 0.25) is 0 Å². The molecule has 4 rings (SSSR count). The van der Waals surface area contributed by atoms with Crippen molar-refractivity contribution >= 4 is 33.4 Å². The van der Waals surface area contributed by atoms with Crippen molar-refractivity contribution in [1.82, 2.24) is 9.97 Å². The van der Waals surface area contributed by atoms with Crippen LogP contribution in [-0.4, -0.2) is 24.4 Å². The van der Waals surface area contributed by atoms with E-state index in [1.165, 1.54) is 12.1 Å². The molecule has 0 saturated heterocycles. The summed E-state index contributed by atoms with van der Waals surface area (Å²) in [5, 5.41) is 12.3. The highest BCUT2D eigenvalue weighted by atomic mass is 32.2. The molecule has 1 atom stereocenters. The Morgan fingerprint density at radius 2 is 1.79 bits per heavy atom. The third-order valence-corrected chi connectivity index (χ3v) is 6.71. The SMILES string of the molecule is C[C@H](Nc1ncnc(N)c1C#N)C1=Cc2ccc(F)cc2S(=O)(=O)N1c1cc(F)cc(F)c1. The molecule has 0 fully saturated rings. The van der Waals surface area contributed by atoms with Gasteiger partial charge in [0.25, 0.3) is 10.0 Å². The number of nitriles is 1. The van der Waals surface area contributed by atoms with E-state index in [2.05, 4.69) is 15.3 Å². The number of hydrogen-bond acceptors (Lipinski definition) is 7. The first-order valence-corrected chi connectivity index (χ1v) is 10.9. The second kappa shape index (κ2) is 8.10. The molecule has 2 aromatic carbocycles. The molecule has 8 nitrogen and oxygen atoms in total. The van der Waals surface area contributed by atoms with Crippen molar-refractivity contribution in [3.8, 4) is 6.07 Å². The Balaban J connectivity index is 1.90. The van der Waals surface area contributed by atoms with E-state index in [0.29, 0.717) is 6.07 Å². The van der Waals surface area contributed by atoms with Crippen LogP contribution in [0.1, 0.15) is 18.1 Å². The van der Waals surface area contributed by atoms with Gasteiger partial charge >= 0.3 is 0 Å². The van der Waals surface area contributed by atoms with Gasteiger partial charge in [-0.15, -0.1) is 0 Å². The Morgan fingerprint density at radius 3 is 2.45 bits per heavy atom. The zero-order valence-corrected chi connectivity index (χ0v) is 17.7. The van der Waals surface area contributed by atoms with E-state index in [1.807, 2.05) is 6.07 Å². The Bertz CT molecular complexity index is 1430. The average molecular weight is 472 g/mol. The molecule has 12 heteroatoms. The highest BCUT2D eigenvalue weighted by Crippen LogP contribution is 2.38. The summed E-state index contributed by atoms with van der Waals surface area (Å²) in [6.07, 6.45) is 2.56. The third-order valence-electron chi connectivity index (χ3n) is 4.90. The van der Waals surface area contributed by atoms with Gasteiger partial charge in [0.05, 0.1) is 22.3 Å². The number of rotatable bonds is 4. The summed E-state index contributed by atoms with van der Waals surface area (Å²) < 4.78 is 69.5. The van der Waals surface area contributed by atoms with E-state index in [9.17, 15) is 26.9 Å². The lowest BCUT2D eigenvalue weighted by atomic mass is 10.1. The van der Waals surface area contributed by atoms with Gasteiger partial charge in [-0.05, 0) is 42.8 Å². The van der Waals surface area contributed by atoms with Crippen LogP contribution in [0.4, 0.5) is 30.5 Å². The Hall–Kier alpha value is -4.11. The predicted octanol–water partition coefficient (Wildman–Crippen LogP) is 3.40. The molecular formula is C21H15F3N6O2S. The lowest BCUT2D eigenvalue weighted by Crippen LogP contribution is -2.40. The molecule has 1 aromatic heterocycles. The summed E-state index contributed by atoms with van der Waals surface area (Å²) in [6.45, 7) is 1.55. The molecule has 1 aliphatic heterocycles. The van der Waals surface area contributed by atoms with Gasteiger partial charge in [-0.25, -0.2) is 35.9 Å². The first-order chi connectivity index (χ1) is 15.6. The minimum Gasteiger partial charge on any atom is -0.382 e. The zero-order chi connectivity index (χ0) is 23.9. The standard InChI is InChI=1S/C21H15F3N6O2S/c1-11(29-21-17(9-25)20(26)27-10-28-21)18-4-12-2-3-13(22)8-19(12)33(31,32)30(18)16-6-14(23)5-15(24)7-16/h2-8,10-11H,1H3,(H3,26,27,28,29)/t11-/m0/s1. The maximum Gasteiger partial charge on any atom is 0.269 e. The fourth-order valence-electron chi connectivity index (χ4n) is 3.45. The predicted molar refractivity (Wildman–Crippen MR) is 115 cm³/mol.